The van der Waals surface area contributed by atoms with E-state index in [-0.39, 0.29) is 24.3 Å². The topological polar surface area (TPSA) is 0 Å². The first-order valence-electron chi connectivity index (χ1n) is 2.90. The van der Waals surface area contributed by atoms with Crippen LogP contribution in [0.1, 0.15) is 12.8 Å². The van der Waals surface area contributed by atoms with Gasteiger partial charge in [0.15, 0.2) is 0 Å². The summed E-state index contributed by atoms with van der Waals surface area (Å²) in [5.41, 5.74) is 0. The monoisotopic (exact) mass is 194 g/mol. The summed E-state index contributed by atoms with van der Waals surface area (Å²) in [5, 5.41) is 0. The van der Waals surface area contributed by atoms with Gasteiger partial charge in [0.1, 0.15) is 0 Å². The van der Waals surface area contributed by atoms with Gasteiger partial charge >= 0.3 is 12.3 Å². The van der Waals surface area contributed by atoms with Crippen LogP contribution in [-0.4, -0.2) is 18.1 Å². The standard InChI is InChI=1S/C5H7F5S/c6-4(7)5(8,9)2-1-3-11-10/h4H,1-3H2. The Hall–Kier alpha value is -0.0000000000000000555. The third-order valence-electron chi connectivity index (χ3n) is 1.05. The number of rotatable bonds is 5. The summed E-state index contributed by atoms with van der Waals surface area (Å²) in [7, 11) is 0. The Labute approximate surface area is 65.4 Å². The number of halogens is 5. The van der Waals surface area contributed by atoms with E-state index >= 15 is 0 Å². The van der Waals surface area contributed by atoms with Gasteiger partial charge in [-0.3, -0.25) is 0 Å². The Bertz CT molecular complexity index is 105. The summed E-state index contributed by atoms with van der Waals surface area (Å²) in [6.07, 6.45) is -4.84. The lowest BCUT2D eigenvalue weighted by Gasteiger charge is -2.13. The number of hydrogen-bond acceptors (Lipinski definition) is 1. The third kappa shape index (κ3) is 4.44. The van der Waals surface area contributed by atoms with Crippen LogP contribution in [0.4, 0.5) is 21.4 Å². The molecule has 0 saturated heterocycles. The van der Waals surface area contributed by atoms with Gasteiger partial charge in [0.25, 0.3) is 0 Å². The molecular weight excluding hydrogens is 187 g/mol. The molecule has 0 heterocycles. The Morgan fingerprint density at radius 2 is 1.82 bits per heavy atom. The quantitative estimate of drug-likeness (QED) is 0.478. The highest BCUT2D eigenvalue weighted by atomic mass is 32.2. The minimum atomic E-state index is -3.96. The molecule has 0 amide bonds. The first-order chi connectivity index (χ1) is 5.00. The molecular formula is C5H7F5S. The predicted octanol–water partition coefficient (Wildman–Crippen LogP) is 3.28. The van der Waals surface area contributed by atoms with Gasteiger partial charge in [-0.25, -0.2) is 17.6 Å². The van der Waals surface area contributed by atoms with Crippen molar-refractivity contribution < 1.29 is 21.4 Å². The first-order valence-corrected chi connectivity index (χ1v) is 3.79. The zero-order valence-electron chi connectivity index (χ0n) is 5.50. The fraction of sp³-hybridized carbons (Fsp3) is 1.00. The molecule has 0 nitrogen and oxygen atoms in total. The van der Waals surface area contributed by atoms with Crippen molar-refractivity contribution in [3.8, 4) is 0 Å². The molecule has 0 saturated carbocycles. The Balaban J connectivity index is 3.55. The van der Waals surface area contributed by atoms with E-state index in [1.165, 1.54) is 0 Å². The van der Waals surface area contributed by atoms with Crippen LogP contribution in [0.2, 0.25) is 0 Å². The van der Waals surface area contributed by atoms with E-state index < -0.39 is 18.8 Å². The second kappa shape index (κ2) is 4.79. The van der Waals surface area contributed by atoms with Crippen molar-refractivity contribution in [2.75, 3.05) is 5.75 Å². The number of alkyl halides is 4. The van der Waals surface area contributed by atoms with E-state index in [4.69, 9.17) is 0 Å². The molecule has 0 unspecified atom stereocenters. The van der Waals surface area contributed by atoms with Gasteiger partial charge in [-0.15, -0.1) is 0 Å². The highest BCUT2D eigenvalue weighted by Crippen LogP contribution is 2.28. The van der Waals surface area contributed by atoms with Gasteiger partial charge in [0.2, 0.25) is 0 Å². The molecule has 0 aromatic rings. The predicted molar refractivity (Wildman–Crippen MR) is 33.8 cm³/mol. The lowest BCUT2D eigenvalue weighted by atomic mass is 10.2. The van der Waals surface area contributed by atoms with Crippen LogP contribution in [0.3, 0.4) is 0 Å². The molecule has 0 rings (SSSR count). The van der Waals surface area contributed by atoms with Crippen molar-refractivity contribution in [3.05, 3.63) is 0 Å². The summed E-state index contributed by atoms with van der Waals surface area (Å²) < 4.78 is 58.0. The van der Waals surface area contributed by atoms with Crippen LogP contribution >= 0.6 is 12.1 Å². The van der Waals surface area contributed by atoms with E-state index in [9.17, 15) is 21.4 Å². The molecule has 0 aliphatic carbocycles. The van der Waals surface area contributed by atoms with Gasteiger partial charge in [-0.05, 0) is 6.42 Å². The van der Waals surface area contributed by atoms with E-state index in [0.29, 0.717) is 0 Å². The van der Waals surface area contributed by atoms with Gasteiger partial charge in [-0.1, -0.05) is 0 Å². The average Bonchev–Trinajstić information content (AvgIpc) is 1.88. The van der Waals surface area contributed by atoms with Crippen LogP contribution in [0, 0.1) is 0 Å². The zero-order chi connectivity index (χ0) is 8.91. The summed E-state index contributed by atoms with van der Waals surface area (Å²) in [6, 6.07) is 0. The average molecular weight is 194 g/mol. The van der Waals surface area contributed by atoms with Crippen LogP contribution in [0.5, 0.6) is 0 Å². The summed E-state index contributed by atoms with van der Waals surface area (Å²) >= 11 is -0.124. The van der Waals surface area contributed by atoms with Gasteiger partial charge in [0, 0.05) is 24.3 Å². The van der Waals surface area contributed by atoms with Crippen molar-refractivity contribution in [1.82, 2.24) is 0 Å². The Morgan fingerprint density at radius 3 is 2.18 bits per heavy atom. The first kappa shape index (κ1) is 11.0. The normalized spacial score (nSPS) is 12.5. The fourth-order valence-corrected chi connectivity index (χ4v) is 0.725. The molecule has 0 spiro atoms. The van der Waals surface area contributed by atoms with Gasteiger partial charge in [0.05, 0.1) is 0 Å². The molecule has 0 fully saturated rings. The van der Waals surface area contributed by atoms with Crippen molar-refractivity contribution in [2.24, 2.45) is 0 Å². The molecule has 0 atom stereocenters. The van der Waals surface area contributed by atoms with Crippen molar-refractivity contribution in [1.29, 1.82) is 0 Å². The smallest absolute Gasteiger partial charge is 0.204 e. The van der Waals surface area contributed by atoms with E-state index in [0.717, 1.165) is 0 Å². The lowest BCUT2D eigenvalue weighted by Crippen LogP contribution is -2.26. The molecule has 0 N–H and O–H groups in total. The molecule has 0 aliphatic rings. The molecule has 0 aromatic carbocycles. The SMILES string of the molecule is FSCCCC(F)(F)C(F)F. The van der Waals surface area contributed by atoms with Crippen LogP contribution < -0.4 is 0 Å². The molecule has 11 heavy (non-hydrogen) atoms. The van der Waals surface area contributed by atoms with E-state index in [1.54, 1.807) is 0 Å². The van der Waals surface area contributed by atoms with Crippen molar-refractivity contribution in [2.45, 2.75) is 25.2 Å². The number of hydrogen-bond donors (Lipinski definition) is 0. The Kier molecular flexibility index (Phi) is 4.79. The Morgan fingerprint density at radius 1 is 1.27 bits per heavy atom. The summed E-state index contributed by atoms with van der Waals surface area (Å²) in [4.78, 5) is 0. The van der Waals surface area contributed by atoms with Crippen LogP contribution in [-0.2, 0) is 0 Å². The molecule has 6 heteroatoms. The van der Waals surface area contributed by atoms with Gasteiger partial charge < -0.3 is 0 Å². The highest BCUT2D eigenvalue weighted by Gasteiger charge is 2.39. The fourth-order valence-electron chi connectivity index (χ4n) is 0.472. The van der Waals surface area contributed by atoms with E-state index in [1.807, 2.05) is 0 Å². The minimum Gasteiger partial charge on any atom is -0.204 e. The highest BCUT2D eigenvalue weighted by molar-refractivity contribution is 7.94. The molecule has 0 aliphatic heterocycles. The maximum Gasteiger partial charge on any atom is 0.307 e. The maximum atomic E-state index is 12.0. The molecule has 68 valence electrons. The maximum absolute atomic E-state index is 12.0. The summed E-state index contributed by atoms with van der Waals surface area (Å²) in [6.45, 7) is 0. The van der Waals surface area contributed by atoms with Gasteiger partial charge in [-0.2, -0.15) is 3.89 Å². The van der Waals surface area contributed by atoms with Crippen molar-refractivity contribution in [3.63, 3.8) is 0 Å². The van der Waals surface area contributed by atoms with Crippen molar-refractivity contribution >= 4 is 12.1 Å². The molecule has 0 aromatic heterocycles. The van der Waals surface area contributed by atoms with Crippen LogP contribution in [0.25, 0.3) is 0 Å². The summed E-state index contributed by atoms with van der Waals surface area (Å²) in [5.74, 6) is -4.13. The third-order valence-corrected chi connectivity index (χ3v) is 1.49. The minimum absolute atomic E-state index is 0.124. The van der Waals surface area contributed by atoms with Crippen LogP contribution in [0.15, 0.2) is 0 Å². The van der Waals surface area contributed by atoms with E-state index in [2.05, 4.69) is 0 Å². The zero-order valence-corrected chi connectivity index (χ0v) is 6.31. The second-order valence-corrected chi connectivity index (χ2v) is 2.60. The largest absolute Gasteiger partial charge is 0.307 e. The lowest BCUT2D eigenvalue weighted by molar-refractivity contribution is -0.132. The molecule has 0 radical (unpaired) electrons. The second-order valence-electron chi connectivity index (χ2n) is 1.98. The molecule has 0 bridgehead atoms.